The van der Waals surface area contributed by atoms with E-state index in [2.05, 4.69) is 19.2 Å². The maximum absolute atomic E-state index is 13.4. The smallest absolute Gasteiger partial charge is 0.247 e. The van der Waals surface area contributed by atoms with Crippen LogP contribution in [0.15, 0.2) is 48.5 Å². The summed E-state index contributed by atoms with van der Waals surface area (Å²) in [6.07, 6.45) is 0. The maximum Gasteiger partial charge on any atom is 0.247 e. The van der Waals surface area contributed by atoms with E-state index in [4.69, 9.17) is 0 Å². The molecule has 1 N–H and O–H groups in total. The molecule has 1 aliphatic heterocycles. The molecule has 0 unspecified atom stereocenters. The van der Waals surface area contributed by atoms with Crippen molar-refractivity contribution in [1.29, 1.82) is 0 Å². The first-order valence-electron chi connectivity index (χ1n) is 10.9. The summed E-state index contributed by atoms with van der Waals surface area (Å²) in [7, 11) is -3.69. The van der Waals surface area contributed by atoms with Crippen LogP contribution in [0.2, 0.25) is 0 Å². The molecule has 1 saturated heterocycles. The minimum absolute atomic E-state index is 0.115. The zero-order valence-electron chi connectivity index (χ0n) is 19.3. The second kappa shape index (κ2) is 9.61. The van der Waals surface area contributed by atoms with Gasteiger partial charge in [0.05, 0.1) is 12.3 Å². The van der Waals surface area contributed by atoms with Crippen molar-refractivity contribution in [1.82, 2.24) is 9.62 Å². The van der Waals surface area contributed by atoms with Gasteiger partial charge in [0.2, 0.25) is 21.8 Å². The van der Waals surface area contributed by atoms with Crippen molar-refractivity contribution in [2.24, 2.45) is 0 Å². The third kappa shape index (κ3) is 5.25. The van der Waals surface area contributed by atoms with Crippen LogP contribution in [0.3, 0.4) is 0 Å². The van der Waals surface area contributed by atoms with Crippen LogP contribution in [0.1, 0.15) is 44.7 Å². The number of rotatable bonds is 7. The lowest BCUT2D eigenvalue weighted by Crippen LogP contribution is -2.70. The Morgan fingerprint density at radius 2 is 1.73 bits per heavy atom. The average molecular weight is 476 g/mol. The summed E-state index contributed by atoms with van der Waals surface area (Å²) in [4.78, 5) is 28.0. The Bertz CT molecular complexity index is 1120. The lowest BCUT2D eigenvalue weighted by Gasteiger charge is -2.46. The summed E-state index contributed by atoms with van der Waals surface area (Å²) in [6, 6.07) is 13.1. The largest absolute Gasteiger partial charge is 0.350 e. The van der Waals surface area contributed by atoms with Crippen LogP contribution in [0.4, 0.5) is 10.1 Å². The van der Waals surface area contributed by atoms with E-state index in [1.54, 1.807) is 31.2 Å². The summed E-state index contributed by atoms with van der Waals surface area (Å²) in [5, 5.41) is 2.79. The monoisotopic (exact) mass is 475 g/mol. The van der Waals surface area contributed by atoms with Crippen molar-refractivity contribution in [3.8, 4) is 0 Å². The molecule has 2 aromatic carbocycles. The SMILES string of the molecule is CCS(=O)(=O)N1CC(=O)N(c2ccc(C(C)C)cc2)[C@@](C)(C(=O)NCc2ccc(F)cc2)C1. The van der Waals surface area contributed by atoms with E-state index in [-0.39, 0.29) is 31.2 Å². The predicted molar refractivity (Wildman–Crippen MR) is 126 cm³/mol. The van der Waals surface area contributed by atoms with Crippen LogP contribution >= 0.6 is 0 Å². The van der Waals surface area contributed by atoms with Gasteiger partial charge < -0.3 is 5.32 Å². The van der Waals surface area contributed by atoms with Crippen molar-refractivity contribution >= 4 is 27.5 Å². The molecule has 0 spiro atoms. The van der Waals surface area contributed by atoms with E-state index in [1.807, 2.05) is 12.1 Å². The zero-order chi connectivity index (χ0) is 24.4. The molecule has 9 heteroatoms. The quantitative estimate of drug-likeness (QED) is 0.667. The number of carbonyl (C=O) groups is 2. The first kappa shape index (κ1) is 24.9. The Balaban J connectivity index is 1.95. The number of benzene rings is 2. The minimum atomic E-state index is -3.69. The molecule has 1 atom stereocenters. The van der Waals surface area contributed by atoms with Gasteiger partial charge in [-0.2, -0.15) is 4.31 Å². The molecule has 0 aromatic heterocycles. The number of carbonyl (C=O) groups excluding carboxylic acids is 2. The fourth-order valence-corrected chi connectivity index (χ4v) is 5.05. The normalized spacial score (nSPS) is 19.7. The topological polar surface area (TPSA) is 86.8 Å². The lowest BCUT2D eigenvalue weighted by molar-refractivity contribution is -0.133. The number of nitrogens with zero attached hydrogens (tertiary/aromatic N) is 2. The number of anilines is 1. The molecule has 0 bridgehead atoms. The van der Waals surface area contributed by atoms with Gasteiger partial charge >= 0.3 is 0 Å². The molecular formula is C24H30FN3O4S. The van der Waals surface area contributed by atoms with Crippen LogP contribution < -0.4 is 10.2 Å². The van der Waals surface area contributed by atoms with Crippen molar-refractivity contribution in [3.63, 3.8) is 0 Å². The first-order valence-corrected chi connectivity index (χ1v) is 12.5. The van der Waals surface area contributed by atoms with Gasteiger partial charge in [0, 0.05) is 18.8 Å². The molecule has 7 nitrogen and oxygen atoms in total. The summed E-state index contributed by atoms with van der Waals surface area (Å²) < 4.78 is 39.4. The van der Waals surface area contributed by atoms with Crippen LogP contribution in [-0.2, 0) is 26.2 Å². The fraction of sp³-hybridized carbons (Fsp3) is 0.417. The number of nitrogens with one attached hydrogen (secondary N) is 1. The summed E-state index contributed by atoms with van der Waals surface area (Å²) in [6.45, 7) is 6.80. The minimum Gasteiger partial charge on any atom is -0.350 e. The maximum atomic E-state index is 13.4. The third-order valence-electron chi connectivity index (χ3n) is 5.97. The molecule has 2 amide bonds. The standard InChI is InChI=1S/C24H30FN3O4S/c1-5-33(31,32)27-15-22(29)28(21-12-8-19(9-13-21)17(2)3)24(4,16-27)23(30)26-14-18-6-10-20(25)11-7-18/h6-13,17H,5,14-16H2,1-4H3,(H,26,30)/t24-/m1/s1. The van der Waals surface area contributed by atoms with Gasteiger partial charge in [-0.25, -0.2) is 12.8 Å². The molecule has 2 aromatic rings. The van der Waals surface area contributed by atoms with E-state index in [0.717, 1.165) is 9.87 Å². The molecule has 33 heavy (non-hydrogen) atoms. The third-order valence-corrected chi connectivity index (χ3v) is 7.75. The summed E-state index contributed by atoms with van der Waals surface area (Å²) in [5.41, 5.74) is 0.816. The van der Waals surface area contributed by atoms with Gasteiger partial charge in [-0.15, -0.1) is 0 Å². The first-order chi connectivity index (χ1) is 15.5. The van der Waals surface area contributed by atoms with E-state index in [9.17, 15) is 22.4 Å². The molecule has 178 valence electrons. The number of halogens is 1. The van der Waals surface area contributed by atoms with E-state index >= 15 is 0 Å². The molecule has 1 fully saturated rings. The van der Waals surface area contributed by atoms with Gasteiger partial charge in [0.15, 0.2) is 0 Å². The second-order valence-corrected chi connectivity index (χ2v) is 11.0. The van der Waals surface area contributed by atoms with Gasteiger partial charge in [-0.3, -0.25) is 14.5 Å². The van der Waals surface area contributed by atoms with Crippen LogP contribution in [-0.4, -0.2) is 48.9 Å². The summed E-state index contributed by atoms with van der Waals surface area (Å²) >= 11 is 0. The van der Waals surface area contributed by atoms with Crippen LogP contribution in [0.25, 0.3) is 0 Å². The number of piperazine rings is 1. The van der Waals surface area contributed by atoms with Gasteiger partial charge in [-0.05, 0) is 55.2 Å². The Kier molecular flexibility index (Phi) is 7.23. The Morgan fingerprint density at radius 1 is 1.12 bits per heavy atom. The average Bonchev–Trinajstić information content (AvgIpc) is 2.78. The highest BCUT2D eigenvalue weighted by Crippen LogP contribution is 2.32. The Labute approximate surface area is 194 Å². The summed E-state index contributed by atoms with van der Waals surface area (Å²) in [5.74, 6) is -1.23. The fourth-order valence-electron chi connectivity index (χ4n) is 3.93. The van der Waals surface area contributed by atoms with Crippen molar-refractivity contribution in [2.75, 3.05) is 23.7 Å². The van der Waals surface area contributed by atoms with Crippen molar-refractivity contribution in [2.45, 2.75) is 45.7 Å². The highest BCUT2D eigenvalue weighted by molar-refractivity contribution is 7.89. The second-order valence-electron chi connectivity index (χ2n) is 8.73. The highest BCUT2D eigenvalue weighted by atomic mass is 32.2. The molecule has 1 aliphatic rings. The predicted octanol–water partition coefficient (Wildman–Crippen LogP) is 3.02. The van der Waals surface area contributed by atoms with Crippen molar-refractivity contribution in [3.05, 3.63) is 65.5 Å². The molecule has 0 aliphatic carbocycles. The molecular weight excluding hydrogens is 445 g/mol. The Hall–Kier alpha value is -2.78. The van der Waals surface area contributed by atoms with E-state index in [1.165, 1.54) is 24.0 Å². The molecule has 0 radical (unpaired) electrons. The zero-order valence-corrected chi connectivity index (χ0v) is 20.2. The van der Waals surface area contributed by atoms with Gasteiger partial charge in [0.25, 0.3) is 0 Å². The highest BCUT2D eigenvalue weighted by Gasteiger charge is 2.50. The van der Waals surface area contributed by atoms with Crippen molar-refractivity contribution < 1.29 is 22.4 Å². The molecule has 3 rings (SSSR count). The van der Waals surface area contributed by atoms with E-state index < -0.39 is 27.4 Å². The Morgan fingerprint density at radius 3 is 2.27 bits per heavy atom. The molecule has 1 heterocycles. The number of hydrogen-bond acceptors (Lipinski definition) is 4. The van der Waals surface area contributed by atoms with Gasteiger partial charge in [-0.1, -0.05) is 38.1 Å². The van der Waals surface area contributed by atoms with Crippen LogP contribution in [0, 0.1) is 5.82 Å². The number of sulfonamides is 1. The number of hydrogen-bond donors (Lipinski definition) is 1. The molecule has 0 saturated carbocycles. The lowest BCUT2D eigenvalue weighted by atomic mass is 9.93. The number of amides is 2. The van der Waals surface area contributed by atoms with Crippen LogP contribution in [0.5, 0.6) is 0 Å². The van der Waals surface area contributed by atoms with Gasteiger partial charge in [0.1, 0.15) is 11.4 Å². The van der Waals surface area contributed by atoms with E-state index in [0.29, 0.717) is 17.2 Å².